The molecule has 0 spiro atoms. The number of piperidine rings is 1. The van der Waals surface area contributed by atoms with Gasteiger partial charge in [-0.15, -0.1) is 0 Å². The number of aryl methyl sites for hydroxylation is 1. The Bertz CT molecular complexity index is 716. The van der Waals surface area contributed by atoms with Crippen molar-refractivity contribution < 1.29 is 9.32 Å². The number of hydrogen-bond donors (Lipinski definition) is 0. The fourth-order valence-electron chi connectivity index (χ4n) is 2.77. The van der Waals surface area contributed by atoms with Crippen molar-refractivity contribution in [3.05, 3.63) is 52.6 Å². The van der Waals surface area contributed by atoms with Gasteiger partial charge in [0.05, 0.1) is 0 Å². The van der Waals surface area contributed by atoms with E-state index in [1.54, 1.807) is 6.08 Å². The molecule has 0 radical (unpaired) electrons. The molecule has 2 aromatic rings. The van der Waals surface area contributed by atoms with Gasteiger partial charge in [0, 0.05) is 36.5 Å². The summed E-state index contributed by atoms with van der Waals surface area (Å²) < 4.78 is 5.32. The molecule has 1 aliphatic rings. The fourth-order valence-corrected chi connectivity index (χ4v) is 2.90. The summed E-state index contributed by atoms with van der Waals surface area (Å²) in [4.78, 5) is 18.6. The van der Waals surface area contributed by atoms with E-state index in [0.29, 0.717) is 24.0 Å². The number of rotatable bonds is 4. The molecule has 5 nitrogen and oxygen atoms in total. The molecule has 1 saturated heterocycles. The van der Waals surface area contributed by atoms with Crippen LogP contribution in [-0.4, -0.2) is 34.0 Å². The van der Waals surface area contributed by atoms with Crippen LogP contribution in [0.5, 0.6) is 0 Å². The van der Waals surface area contributed by atoms with Crippen LogP contribution in [0.1, 0.15) is 43.0 Å². The minimum atomic E-state index is 0.0307. The van der Waals surface area contributed by atoms with Gasteiger partial charge in [-0.3, -0.25) is 4.79 Å². The molecule has 0 aliphatic carbocycles. The molecular weight excluding hydrogens is 326 g/mol. The van der Waals surface area contributed by atoms with E-state index in [1.165, 1.54) is 0 Å². The van der Waals surface area contributed by atoms with Crippen molar-refractivity contribution in [2.24, 2.45) is 0 Å². The van der Waals surface area contributed by atoms with Gasteiger partial charge in [0.1, 0.15) is 0 Å². The third kappa shape index (κ3) is 4.03. The average molecular weight is 346 g/mol. The Morgan fingerprint density at radius 1 is 1.33 bits per heavy atom. The number of amides is 1. The van der Waals surface area contributed by atoms with Gasteiger partial charge in [-0.25, -0.2) is 0 Å². The van der Waals surface area contributed by atoms with E-state index in [0.717, 1.165) is 30.7 Å². The summed E-state index contributed by atoms with van der Waals surface area (Å²) in [7, 11) is 0. The summed E-state index contributed by atoms with van der Waals surface area (Å²) in [5.41, 5.74) is 0.959. The summed E-state index contributed by atoms with van der Waals surface area (Å²) in [5, 5.41) is 4.63. The normalized spacial score (nSPS) is 16.0. The zero-order valence-corrected chi connectivity index (χ0v) is 14.4. The average Bonchev–Trinajstić information content (AvgIpc) is 3.10. The van der Waals surface area contributed by atoms with Crippen molar-refractivity contribution in [2.75, 3.05) is 13.1 Å². The molecule has 0 saturated carbocycles. The molecule has 0 bridgehead atoms. The summed E-state index contributed by atoms with van der Waals surface area (Å²) in [6.45, 7) is 3.42. The number of aromatic nitrogens is 2. The first-order valence-corrected chi connectivity index (χ1v) is 8.58. The van der Waals surface area contributed by atoms with E-state index >= 15 is 0 Å². The zero-order valence-electron chi connectivity index (χ0n) is 13.6. The molecule has 0 atom stereocenters. The SMILES string of the molecule is CCc1noc(C2CCN(C(=O)/C=C/c3ccc(Cl)cc3)CC2)n1. The second-order valence-electron chi connectivity index (χ2n) is 5.89. The summed E-state index contributed by atoms with van der Waals surface area (Å²) in [6, 6.07) is 7.40. The maximum atomic E-state index is 12.3. The molecule has 1 amide bonds. The lowest BCUT2D eigenvalue weighted by Crippen LogP contribution is -2.36. The van der Waals surface area contributed by atoms with Gasteiger partial charge in [-0.2, -0.15) is 4.98 Å². The highest BCUT2D eigenvalue weighted by Crippen LogP contribution is 2.27. The summed E-state index contributed by atoms with van der Waals surface area (Å²) in [6.07, 6.45) is 5.91. The maximum Gasteiger partial charge on any atom is 0.246 e. The van der Waals surface area contributed by atoms with Crippen LogP contribution in [0.2, 0.25) is 5.02 Å². The van der Waals surface area contributed by atoms with Crippen LogP contribution >= 0.6 is 11.6 Å². The number of hydrogen-bond acceptors (Lipinski definition) is 4. The monoisotopic (exact) mass is 345 g/mol. The number of carbonyl (C=O) groups excluding carboxylic acids is 1. The highest BCUT2D eigenvalue weighted by molar-refractivity contribution is 6.30. The van der Waals surface area contributed by atoms with Gasteiger partial charge in [0.15, 0.2) is 5.82 Å². The molecule has 0 unspecified atom stereocenters. The molecule has 1 aromatic carbocycles. The first-order valence-electron chi connectivity index (χ1n) is 8.20. The Balaban J connectivity index is 1.54. The Morgan fingerprint density at radius 2 is 2.04 bits per heavy atom. The zero-order chi connectivity index (χ0) is 16.9. The number of nitrogens with zero attached hydrogens (tertiary/aromatic N) is 3. The van der Waals surface area contributed by atoms with Gasteiger partial charge in [-0.05, 0) is 36.6 Å². The van der Waals surface area contributed by atoms with Crippen LogP contribution in [0.4, 0.5) is 0 Å². The maximum absolute atomic E-state index is 12.3. The quantitative estimate of drug-likeness (QED) is 0.793. The number of benzene rings is 1. The van der Waals surface area contributed by atoms with Crippen molar-refractivity contribution in [3.63, 3.8) is 0 Å². The van der Waals surface area contributed by atoms with Crippen LogP contribution in [0.3, 0.4) is 0 Å². The van der Waals surface area contributed by atoms with Crippen molar-refractivity contribution in [1.29, 1.82) is 0 Å². The predicted molar refractivity (Wildman–Crippen MR) is 92.7 cm³/mol. The van der Waals surface area contributed by atoms with E-state index < -0.39 is 0 Å². The van der Waals surface area contributed by atoms with Gasteiger partial charge < -0.3 is 9.42 Å². The molecule has 1 fully saturated rings. The minimum Gasteiger partial charge on any atom is -0.339 e. The molecule has 1 aliphatic heterocycles. The van der Waals surface area contributed by atoms with Crippen molar-refractivity contribution in [3.8, 4) is 0 Å². The van der Waals surface area contributed by atoms with Gasteiger partial charge in [0.2, 0.25) is 11.8 Å². The summed E-state index contributed by atoms with van der Waals surface area (Å²) >= 11 is 5.85. The Kier molecular flexibility index (Phi) is 5.30. The second-order valence-corrected chi connectivity index (χ2v) is 6.32. The highest BCUT2D eigenvalue weighted by atomic mass is 35.5. The van der Waals surface area contributed by atoms with Gasteiger partial charge in [0.25, 0.3) is 0 Å². The molecular formula is C18H20ClN3O2. The molecule has 24 heavy (non-hydrogen) atoms. The highest BCUT2D eigenvalue weighted by Gasteiger charge is 2.26. The van der Waals surface area contributed by atoms with Crippen LogP contribution in [0.25, 0.3) is 6.08 Å². The topological polar surface area (TPSA) is 59.2 Å². The molecule has 126 valence electrons. The number of carbonyl (C=O) groups is 1. The van der Waals surface area contributed by atoms with E-state index in [2.05, 4.69) is 10.1 Å². The van der Waals surface area contributed by atoms with Crippen molar-refractivity contribution >= 4 is 23.6 Å². The smallest absolute Gasteiger partial charge is 0.246 e. The van der Waals surface area contributed by atoms with Gasteiger partial charge >= 0.3 is 0 Å². The Labute approximate surface area is 146 Å². The van der Waals surface area contributed by atoms with E-state index in [-0.39, 0.29) is 11.8 Å². The standard InChI is InChI=1S/C18H20ClN3O2/c1-2-16-20-18(24-21-16)14-9-11-22(12-10-14)17(23)8-5-13-3-6-15(19)7-4-13/h3-8,14H,2,9-12H2,1H3/b8-5+. The van der Waals surface area contributed by atoms with Crippen LogP contribution in [0, 0.1) is 0 Å². The molecule has 3 rings (SSSR count). The van der Waals surface area contributed by atoms with E-state index in [9.17, 15) is 4.79 Å². The van der Waals surface area contributed by atoms with Crippen LogP contribution in [-0.2, 0) is 11.2 Å². The molecule has 0 N–H and O–H groups in total. The lowest BCUT2D eigenvalue weighted by atomic mass is 9.96. The Morgan fingerprint density at radius 3 is 2.67 bits per heavy atom. The third-order valence-corrected chi connectivity index (χ3v) is 4.50. The van der Waals surface area contributed by atoms with E-state index in [1.807, 2.05) is 42.2 Å². The third-order valence-electron chi connectivity index (χ3n) is 4.24. The first-order chi connectivity index (χ1) is 11.7. The number of halogens is 1. The lowest BCUT2D eigenvalue weighted by Gasteiger charge is -2.29. The Hall–Kier alpha value is -2.14. The van der Waals surface area contributed by atoms with Crippen molar-refractivity contribution in [2.45, 2.75) is 32.1 Å². The van der Waals surface area contributed by atoms with Gasteiger partial charge in [-0.1, -0.05) is 35.8 Å². The van der Waals surface area contributed by atoms with Crippen LogP contribution < -0.4 is 0 Å². The predicted octanol–water partition coefficient (Wildman–Crippen LogP) is 3.70. The number of likely N-dealkylation sites (tertiary alicyclic amines) is 1. The lowest BCUT2D eigenvalue weighted by molar-refractivity contribution is -0.127. The second kappa shape index (κ2) is 7.62. The minimum absolute atomic E-state index is 0.0307. The molecule has 1 aromatic heterocycles. The molecule has 2 heterocycles. The fraction of sp³-hybridized carbons (Fsp3) is 0.389. The van der Waals surface area contributed by atoms with Crippen molar-refractivity contribution in [1.82, 2.24) is 15.0 Å². The summed E-state index contributed by atoms with van der Waals surface area (Å²) in [5.74, 6) is 1.73. The largest absolute Gasteiger partial charge is 0.339 e. The molecule has 6 heteroatoms. The first kappa shape index (κ1) is 16.7. The van der Waals surface area contributed by atoms with E-state index in [4.69, 9.17) is 16.1 Å². The van der Waals surface area contributed by atoms with Crippen LogP contribution in [0.15, 0.2) is 34.9 Å².